The van der Waals surface area contributed by atoms with Crippen molar-refractivity contribution in [2.75, 3.05) is 0 Å². The average molecular weight is 372 g/mol. The lowest BCUT2D eigenvalue weighted by Crippen LogP contribution is -2.17. The van der Waals surface area contributed by atoms with Gasteiger partial charge in [0.15, 0.2) is 0 Å². The van der Waals surface area contributed by atoms with Crippen LogP contribution < -0.4 is 5.56 Å². The molecule has 1 aliphatic rings. The number of aromatic amines is 1. The van der Waals surface area contributed by atoms with Crippen molar-refractivity contribution in [3.63, 3.8) is 0 Å². The summed E-state index contributed by atoms with van der Waals surface area (Å²) in [5.41, 5.74) is 5.17. The number of aryl methyl sites for hydroxylation is 3. The molecular formula is C18H18BrN3O. The van der Waals surface area contributed by atoms with Crippen LogP contribution in [-0.4, -0.2) is 14.5 Å². The van der Waals surface area contributed by atoms with Gasteiger partial charge in [-0.25, -0.2) is 4.98 Å². The Kier molecular flexibility index (Phi) is 3.41. The van der Waals surface area contributed by atoms with Gasteiger partial charge in [0, 0.05) is 17.1 Å². The molecule has 0 saturated heterocycles. The van der Waals surface area contributed by atoms with E-state index < -0.39 is 0 Å². The molecule has 1 N–H and O–H groups in total. The first-order chi connectivity index (χ1) is 11.1. The van der Waals surface area contributed by atoms with E-state index in [0.717, 1.165) is 40.6 Å². The van der Waals surface area contributed by atoms with Crippen molar-refractivity contribution >= 4 is 27.0 Å². The number of hydrogen-bond donors (Lipinski definition) is 1. The van der Waals surface area contributed by atoms with Gasteiger partial charge in [-0.1, -0.05) is 28.9 Å². The summed E-state index contributed by atoms with van der Waals surface area (Å²) in [6.07, 6.45) is 4.61. The average Bonchev–Trinajstić information content (AvgIpc) is 3.11. The van der Waals surface area contributed by atoms with Gasteiger partial charge in [0.25, 0.3) is 5.56 Å². The molecule has 0 fully saturated rings. The maximum Gasteiger partial charge on any atom is 0.274 e. The monoisotopic (exact) mass is 371 g/mol. The zero-order valence-electron chi connectivity index (χ0n) is 13.2. The highest BCUT2D eigenvalue weighted by atomic mass is 79.9. The molecule has 3 aromatic rings. The lowest BCUT2D eigenvalue weighted by molar-refractivity contribution is 0.569. The second-order valence-electron chi connectivity index (χ2n) is 6.15. The highest BCUT2D eigenvalue weighted by Crippen LogP contribution is 2.38. The van der Waals surface area contributed by atoms with E-state index in [9.17, 15) is 4.79 Å². The second kappa shape index (κ2) is 5.34. The third kappa shape index (κ3) is 2.17. The summed E-state index contributed by atoms with van der Waals surface area (Å²) >= 11 is 3.55. The van der Waals surface area contributed by atoms with Crippen LogP contribution in [0.5, 0.6) is 0 Å². The summed E-state index contributed by atoms with van der Waals surface area (Å²) in [4.78, 5) is 20.1. The van der Waals surface area contributed by atoms with Crippen molar-refractivity contribution in [1.29, 1.82) is 0 Å². The number of pyridine rings is 1. The lowest BCUT2D eigenvalue weighted by Gasteiger charge is -2.17. The van der Waals surface area contributed by atoms with Crippen LogP contribution >= 0.6 is 15.9 Å². The molecule has 0 amide bonds. The van der Waals surface area contributed by atoms with E-state index in [1.54, 1.807) is 6.20 Å². The number of nitrogens with one attached hydrogen (secondary N) is 1. The normalized spacial score (nSPS) is 16.9. The largest absolute Gasteiger partial charge is 0.327 e. The van der Waals surface area contributed by atoms with Crippen molar-refractivity contribution in [2.24, 2.45) is 0 Å². The first kappa shape index (κ1) is 14.7. The highest BCUT2D eigenvalue weighted by Gasteiger charge is 2.28. The molecule has 4 nitrogen and oxygen atoms in total. The van der Waals surface area contributed by atoms with Gasteiger partial charge in [0.2, 0.25) is 0 Å². The van der Waals surface area contributed by atoms with Crippen molar-refractivity contribution in [3.8, 4) is 0 Å². The molecule has 0 radical (unpaired) electrons. The van der Waals surface area contributed by atoms with Gasteiger partial charge >= 0.3 is 0 Å². The van der Waals surface area contributed by atoms with Gasteiger partial charge in [-0.3, -0.25) is 4.79 Å². The standard InChI is InChI=1S/C18H18BrN3O/c1-3-15-21-16-10(2)9-20-18(23)17(16)22(15)14-7-4-11-8-12(19)5-6-13(11)14/h5-6,8-9,14H,3-4,7H2,1-2H3,(H,20,23)/t14-/m0/s1. The summed E-state index contributed by atoms with van der Waals surface area (Å²) in [7, 11) is 0. The Hall–Kier alpha value is -1.88. The number of halogens is 1. The second-order valence-corrected chi connectivity index (χ2v) is 7.06. The smallest absolute Gasteiger partial charge is 0.274 e. The van der Waals surface area contributed by atoms with Gasteiger partial charge in [0.1, 0.15) is 11.3 Å². The molecule has 0 unspecified atom stereocenters. The molecule has 0 bridgehead atoms. The Morgan fingerprint density at radius 2 is 2.26 bits per heavy atom. The molecule has 1 atom stereocenters. The van der Waals surface area contributed by atoms with E-state index in [1.165, 1.54) is 11.1 Å². The number of hydrogen-bond acceptors (Lipinski definition) is 2. The van der Waals surface area contributed by atoms with E-state index in [0.29, 0.717) is 5.52 Å². The van der Waals surface area contributed by atoms with Crippen LogP contribution in [0.1, 0.15) is 41.9 Å². The van der Waals surface area contributed by atoms with Crippen LogP contribution in [0.25, 0.3) is 11.0 Å². The quantitative estimate of drug-likeness (QED) is 0.742. The maximum absolute atomic E-state index is 12.5. The fourth-order valence-corrected chi connectivity index (χ4v) is 4.11. The maximum atomic E-state index is 12.5. The molecule has 1 aliphatic carbocycles. The van der Waals surface area contributed by atoms with Gasteiger partial charge < -0.3 is 9.55 Å². The van der Waals surface area contributed by atoms with Crippen molar-refractivity contribution in [1.82, 2.24) is 14.5 Å². The van der Waals surface area contributed by atoms with Gasteiger partial charge in [-0.15, -0.1) is 0 Å². The molecule has 4 rings (SSSR count). The number of fused-ring (bicyclic) bond motifs is 2. The minimum Gasteiger partial charge on any atom is -0.327 e. The highest BCUT2D eigenvalue weighted by molar-refractivity contribution is 9.10. The summed E-state index contributed by atoms with van der Waals surface area (Å²) in [5.74, 6) is 0.987. The van der Waals surface area contributed by atoms with E-state index in [-0.39, 0.29) is 11.6 Å². The Bertz CT molecular complexity index is 970. The molecule has 2 heterocycles. The predicted molar refractivity (Wildman–Crippen MR) is 95.1 cm³/mol. The lowest BCUT2D eigenvalue weighted by atomic mass is 10.1. The molecule has 0 saturated carbocycles. The Morgan fingerprint density at radius 3 is 3.04 bits per heavy atom. The fourth-order valence-electron chi connectivity index (χ4n) is 3.70. The topological polar surface area (TPSA) is 50.7 Å². The van der Waals surface area contributed by atoms with Crippen LogP contribution in [0.2, 0.25) is 0 Å². The van der Waals surface area contributed by atoms with Gasteiger partial charge in [-0.05, 0) is 48.6 Å². The summed E-state index contributed by atoms with van der Waals surface area (Å²) in [6, 6.07) is 6.64. The van der Waals surface area contributed by atoms with Crippen LogP contribution in [0.15, 0.2) is 33.7 Å². The van der Waals surface area contributed by atoms with E-state index in [2.05, 4.69) is 50.6 Å². The third-order valence-electron chi connectivity index (χ3n) is 4.77. The van der Waals surface area contributed by atoms with Gasteiger partial charge in [0.05, 0.1) is 11.6 Å². The number of imidazole rings is 1. The van der Waals surface area contributed by atoms with Crippen LogP contribution in [0.3, 0.4) is 0 Å². The Morgan fingerprint density at radius 1 is 1.43 bits per heavy atom. The van der Waals surface area contributed by atoms with Crippen molar-refractivity contribution < 1.29 is 0 Å². The van der Waals surface area contributed by atoms with Crippen molar-refractivity contribution in [3.05, 3.63) is 61.7 Å². The number of nitrogens with zero attached hydrogens (tertiary/aromatic N) is 2. The SMILES string of the molecule is CCc1nc2c(C)c[nH]c(=O)c2n1[C@H]1CCc2cc(Br)ccc21. The molecular weight excluding hydrogens is 354 g/mol. The van der Waals surface area contributed by atoms with Crippen LogP contribution in [-0.2, 0) is 12.8 Å². The predicted octanol–water partition coefficient (Wildman–Crippen LogP) is 3.89. The van der Waals surface area contributed by atoms with E-state index >= 15 is 0 Å². The molecule has 23 heavy (non-hydrogen) atoms. The summed E-state index contributed by atoms with van der Waals surface area (Å²) < 4.78 is 3.28. The summed E-state index contributed by atoms with van der Waals surface area (Å²) in [6.45, 7) is 4.09. The molecule has 5 heteroatoms. The fraction of sp³-hybridized carbons (Fsp3) is 0.333. The number of rotatable bonds is 2. The number of H-pyrrole nitrogens is 1. The Balaban J connectivity index is 2.01. The van der Waals surface area contributed by atoms with Gasteiger partial charge in [-0.2, -0.15) is 0 Å². The number of aromatic nitrogens is 3. The molecule has 2 aromatic heterocycles. The third-order valence-corrected chi connectivity index (χ3v) is 5.26. The van der Waals surface area contributed by atoms with Crippen molar-refractivity contribution in [2.45, 2.75) is 39.2 Å². The van der Waals surface area contributed by atoms with E-state index in [1.807, 2.05) is 6.92 Å². The minimum absolute atomic E-state index is 0.0524. The minimum atomic E-state index is -0.0524. The first-order valence-corrected chi connectivity index (χ1v) is 8.77. The molecule has 0 spiro atoms. The first-order valence-electron chi connectivity index (χ1n) is 7.97. The molecule has 0 aliphatic heterocycles. The molecule has 118 valence electrons. The Labute approximate surface area is 142 Å². The zero-order valence-corrected chi connectivity index (χ0v) is 14.8. The van der Waals surface area contributed by atoms with E-state index in [4.69, 9.17) is 4.98 Å². The van der Waals surface area contributed by atoms with Crippen LogP contribution in [0.4, 0.5) is 0 Å². The van der Waals surface area contributed by atoms with Crippen LogP contribution in [0, 0.1) is 6.92 Å². The zero-order chi connectivity index (χ0) is 16.1. The summed E-state index contributed by atoms with van der Waals surface area (Å²) in [5, 5.41) is 0. The number of benzene rings is 1. The molecule has 1 aromatic carbocycles.